The van der Waals surface area contributed by atoms with Gasteiger partial charge in [-0.1, -0.05) is 51.1 Å². The minimum atomic E-state index is -0.403. The van der Waals surface area contributed by atoms with Crippen molar-refractivity contribution in [1.82, 2.24) is 0 Å². The van der Waals surface area contributed by atoms with Crippen LogP contribution in [0.25, 0.3) is 0 Å². The molecule has 0 unspecified atom stereocenters. The van der Waals surface area contributed by atoms with Gasteiger partial charge in [-0.05, 0) is 11.0 Å². The Bertz CT molecular complexity index is 567. The zero-order valence-electron chi connectivity index (χ0n) is 12.1. The third-order valence-electron chi connectivity index (χ3n) is 3.94. The van der Waals surface area contributed by atoms with Crippen molar-refractivity contribution >= 4 is 11.6 Å². The van der Waals surface area contributed by atoms with Gasteiger partial charge in [0.2, 0.25) is 0 Å². The lowest BCUT2D eigenvalue weighted by Crippen LogP contribution is -2.35. The number of rotatable bonds is 3. The lowest BCUT2D eigenvalue weighted by atomic mass is 9.65. The quantitative estimate of drug-likeness (QED) is 0.856. The van der Waals surface area contributed by atoms with E-state index in [1.165, 1.54) is 0 Å². The summed E-state index contributed by atoms with van der Waals surface area (Å²) < 4.78 is 0. The van der Waals surface area contributed by atoms with E-state index in [9.17, 15) is 14.7 Å². The van der Waals surface area contributed by atoms with E-state index < -0.39 is 5.41 Å². The molecule has 0 spiro atoms. The highest BCUT2D eigenvalue weighted by molar-refractivity contribution is 6.21. The van der Waals surface area contributed by atoms with E-state index in [0.717, 1.165) is 5.56 Å². The van der Waals surface area contributed by atoms with Gasteiger partial charge in [0.05, 0.1) is 5.57 Å². The van der Waals surface area contributed by atoms with Crippen LogP contribution in [-0.4, -0.2) is 16.7 Å². The van der Waals surface area contributed by atoms with Crippen LogP contribution in [0.5, 0.6) is 0 Å². The maximum atomic E-state index is 12.2. The molecule has 0 amide bonds. The van der Waals surface area contributed by atoms with Gasteiger partial charge in [0, 0.05) is 18.8 Å². The van der Waals surface area contributed by atoms with Crippen molar-refractivity contribution in [3.8, 4) is 0 Å². The van der Waals surface area contributed by atoms with Crippen LogP contribution in [0.2, 0.25) is 0 Å². The number of hydrogen-bond donors (Lipinski definition) is 1. The van der Waals surface area contributed by atoms with Gasteiger partial charge in [0.15, 0.2) is 11.6 Å². The fourth-order valence-electron chi connectivity index (χ4n) is 2.99. The van der Waals surface area contributed by atoms with Crippen molar-refractivity contribution < 1.29 is 14.7 Å². The van der Waals surface area contributed by atoms with E-state index in [0.29, 0.717) is 0 Å². The van der Waals surface area contributed by atoms with Gasteiger partial charge in [0.25, 0.3) is 0 Å². The Kier molecular flexibility index (Phi) is 3.80. The molecule has 1 aromatic carbocycles. The Labute approximate surface area is 119 Å². The van der Waals surface area contributed by atoms with Crippen molar-refractivity contribution in [1.29, 1.82) is 0 Å². The molecule has 1 N–H and O–H groups in total. The lowest BCUT2D eigenvalue weighted by molar-refractivity contribution is -0.124. The molecule has 2 rings (SSSR count). The van der Waals surface area contributed by atoms with Gasteiger partial charge >= 0.3 is 0 Å². The molecular weight excluding hydrogens is 252 g/mol. The van der Waals surface area contributed by atoms with E-state index in [1.54, 1.807) is 6.92 Å². The summed E-state index contributed by atoms with van der Waals surface area (Å²) in [4.78, 5) is 24.1. The summed E-state index contributed by atoms with van der Waals surface area (Å²) in [5.41, 5.74) is 0.532. The molecule has 0 aliphatic heterocycles. The Hall–Kier alpha value is -1.90. The molecule has 0 heterocycles. The van der Waals surface area contributed by atoms with Gasteiger partial charge in [-0.25, -0.2) is 0 Å². The van der Waals surface area contributed by atoms with Crippen LogP contribution in [0.3, 0.4) is 0 Å². The number of ketones is 2. The number of allylic oxidation sites excluding steroid dienone is 2. The molecule has 1 aliphatic rings. The Balaban J connectivity index is 2.60. The highest BCUT2D eigenvalue weighted by Crippen LogP contribution is 2.47. The highest BCUT2D eigenvalue weighted by atomic mass is 16.3. The monoisotopic (exact) mass is 272 g/mol. The number of aliphatic hydroxyl groups excluding tert-OH is 1. The largest absolute Gasteiger partial charge is 0.511 e. The van der Waals surface area contributed by atoms with Gasteiger partial charge in [-0.3, -0.25) is 9.59 Å². The van der Waals surface area contributed by atoms with Crippen LogP contribution in [0.4, 0.5) is 0 Å². The molecule has 1 aliphatic carbocycles. The molecule has 0 saturated carbocycles. The van der Waals surface area contributed by atoms with Crippen LogP contribution < -0.4 is 0 Å². The molecule has 106 valence electrons. The zero-order chi connectivity index (χ0) is 14.9. The summed E-state index contributed by atoms with van der Waals surface area (Å²) in [7, 11) is 0. The standard InChI is InChI=1S/C17H20O3/c1-4-12(18)14-13(19)10-17(2,3)15(16(14)20)11-8-6-5-7-9-11/h5-9,15,20H,4,10H2,1-3H3/t15-/m0/s1. The molecular formula is C17H20O3. The molecule has 1 atom stereocenters. The predicted molar refractivity (Wildman–Crippen MR) is 77.5 cm³/mol. The first kappa shape index (κ1) is 14.5. The minimum absolute atomic E-state index is 0.000628. The summed E-state index contributed by atoms with van der Waals surface area (Å²) >= 11 is 0. The first-order valence-electron chi connectivity index (χ1n) is 6.93. The Morgan fingerprint density at radius 2 is 1.90 bits per heavy atom. The first-order chi connectivity index (χ1) is 9.38. The van der Waals surface area contributed by atoms with Gasteiger partial charge < -0.3 is 5.11 Å². The van der Waals surface area contributed by atoms with Crippen molar-refractivity contribution in [3.05, 3.63) is 47.2 Å². The van der Waals surface area contributed by atoms with Crippen LogP contribution in [-0.2, 0) is 9.59 Å². The number of hydrogen-bond acceptors (Lipinski definition) is 3. The van der Waals surface area contributed by atoms with Gasteiger partial charge in [-0.2, -0.15) is 0 Å². The maximum Gasteiger partial charge on any atom is 0.170 e. The van der Waals surface area contributed by atoms with Crippen LogP contribution >= 0.6 is 0 Å². The molecule has 0 saturated heterocycles. The molecule has 0 fully saturated rings. The average Bonchev–Trinajstić information content (AvgIpc) is 2.38. The second kappa shape index (κ2) is 5.23. The number of Topliss-reactive ketones (excluding diaryl/α,β-unsaturated/α-hetero) is 2. The molecule has 3 nitrogen and oxygen atoms in total. The van der Waals surface area contributed by atoms with E-state index in [1.807, 2.05) is 44.2 Å². The number of carbonyl (C=O) groups excluding carboxylic acids is 2. The second-order valence-corrected chi connectivity index (χ2v) is 5.97. The Morgan fingerprint density at radius 1 is 1.30 bits per heavy atom. The summed E-state index contributed by atoms with van der Waals surface area (Å²) in [6.45, 7) is 5.60. The molecule has 0 radical (unpaired) electrons. The van der Waals surface area contributed by atoms with Gasteiger partial charge in [0.1, 0.15) is 5.76 Å². The Morgan fingerprint density at radius 3 is 2.45 bits per heavy atom. The SMILES string of the molecule is CCC(=O)C1=C(O)[C@H](c2ccccc2)C(C)(C)CC1=O. The number of carbonyl (C=O) groups is 2. The van der Waals surface area contributed by atoms with E-state index in [2.05, 4.69) is 0 Å². The van der Waals surface area contributed by atoms with E-state index in [4.69, 9.17) is 0 Å². The predicted octanol–water partition coefficient (Wildman–Crippen LogP) is 3.56. The second-order valence-electron chi connectivity index (χ2n) is 5.97. The van der Waals surface area contributed by atoms with Crippen LogP contribution in [0, 0.1) is 5.41 Å². The topological polar surface area (TPSA) is 54.4 Å². The van der Waals surface area contributed by atoms with Crippen molar-refractivity contribution in [2.24, 2.45) is 5.41 Å². The summed E-state index contributed by atoms with van der Waals surface area (Å²) in [5, 5.41) is 10.5. The summed E-state index contributed by atoms with van der Waals surface area (Å²) in [6.07, 6.45) is 0.505. The van der Waals surface area contributed by atoms with Crippen molar-refractivity contribution in [2.45, 2.75) is 39.5 Å². The zero-order valence-corrected chi connectivity index (χ0v) is 12.1. The molecule has 20 heavy (non-hydrogen) atoms. The van der Waals surface area contributed by atoms with E-state index in [-0.39, 0.29) is 41.7 Å². The summed E-state index contributed by atoms with van der Waals surface area (Å²) in [5.74, 6) is -0.897. The molecule has 0 aromatic heterocycles. The van der Waals surface area contributed by atoms with E-state index >= 15 is 0 Å². The smallest absolute Gasteiger partial charge is 0.170 e. The van der Waals surface area contributed by atoms with Crippen molar-refractivity contribution in [2.75, 3.05) is 0 Å². The van der Waals surface area contributed by atoms with Crippen LogP contribution in [0.15, 0.2) is 41.7 Å². The summed E-state index contributed by atoms with van der Waals surface area (Å²) in [6, 6.07) is 9.55. The first-order valence-corrected chi connectivity index (χ1v) is 6.93. The molecule has 3 heteroatoms. The fourth-order valence-corrected chi connectivity index (χ4v) is 2.99. The highest BCUT2D eigenvalue weighted by Gasteiger charge is 2.44. The van der Waals surface area contributed by atoms with Crippen molar-refractivity contribution in [3.63, 3.8) is 0 Å². The number of aliphatic hydroxyl groups is 1. The minimum Gasteiger partial charge on any atom is -0.511 e. The number of benzene rings is 1. The maximum absolute atomic E-state index is 12.2. The third-order valence-corrected chi connectivity index (χ3v) is 3.94. The van der Waals surface area contributed by atoms with Crippen LogP contribution in [0.1, 0.15) is 45.1 Å². The van der Waals surface area contributed by atoms with Gasteiger partial charge in [-0.15, -0.1) is 0 Å². The molecule has 0 bridgehead atoms. The lowest BCUT2D eigenvalue weighted by Gasteiger charge is -2.38. The molecule has 1 aromatic rings. The average molecular weight is 272 g/mol. The normalized spacial score (nSPS) is 21.9. The third kappa shape index (κ3) is 2.40. The fraction of sp³-hybridized carbons (Fsp3) is 0.412.